The molecule has 0 aliphatic carbocycles. The van der Waals surface area contributed by atoms with Crippen molar-refractivity contribution in [3.63, 3.8) is 0 Å². The van der Waals surface area contributed by atoms with Gasteiger partial charge in [-0.25, -0.2) is 0 Å². The summed E-state index contributed by atoms with van der Waals surface area (Å²) in [6.07, 6.45) is 2.95. The van der Waals surface area contributed by atoms with Gasteiger partial charge in [-0.2, -0.15) is 5.26 Å². The molecule has 0 radical (unpaired) electrons. The Hall–Kier alpha value is -2.06. The van der Waals surface area contributed by atoms with Crippen molar-refractivity contribution in [2.75, 3.05) is 13.7 Å². The number of methoxy groups -OCH3 is 1. The Bertz CT molecular complexity index is 536. The van der Waals surface area contributed by atoms with Gasteiger partial charge in [-0.1, -0.05) is 12.5 Å². The fraction of sp³-hybridized carbons (Fsp3) is 0.467. The molecule has 2 N–H and O–H groups in total. The van der Waals surface area contributed by atoms with Crippen LogP contribution in [0.5, 0.6) is 5.75 Å². The average molecular weight is 273 g/mol. The quantitative estimate of drug-likeness (QED) is 0.899. The molecule has 1 aromatic carbocycles. The smallest absolute Gasteiger partial charge is 0.234 e. The number of nitrogens with zero attached hydrogens (tertiary/aromatic N) is 2. The normalized spacial score (nSPS) is 19.3. The van der Waals surface area contributed by atoms with Crippen LogP contribution in [0.3, 0.4) is 0 Å². The third-order valence-electron chi connectivity index (χ3n) is 3.71. The highest BCUT2D eigenvalue weighted by Crippen LogP contribution is 2.23. The van der Waals surface area contributed by atoms with Crippen LogP contribution in [0, 0.1) is 11.3 Å². The zero-order chi connectivity index (χ0) is 14.5. The summed E-state index contributed by atoms with van der Waals surface area (Å²) in [4.78, 5) is 13.6. The van der Waals surface area contributed by atoms with Gasteiger partial charge in [0.05, 0.1) is 18.7 Å². The van der Waals surface area contributed by atoms with Gasteiger partial charge in [-0.3, -0.25) is 9.69 Å². The van der Waals surface area contributed by atoms with Gasteiger partial charge in [-0.15, -0.1) is 0 Å². The predicted octanol–water partition coefficient (Wildman–Crippen LogP) is 1.41. The molecule has 1 aromatic rings. The molecular weight excluding hydrogens is 254 g/mol. The summed E-state index contributed by atoms with van der Waals surface area (Å²) in [6, 6.07) is 7.40. The highest BCUT2D eigenvalue weighted by Gasteiger charge is 2.26. The number of hydrogen-bond donors (Lipinski definition) is 1. The maximum atomic E-state index is 11.5. The van der Waals surface area contributed by atoms with Gasteiger partial charge in [0, 0.05) is 6.54 Å². The first-order chi connectivity index (χ1) is 9.65. The van der Waals surface area contributed by atoms with Gasteiger partial charge >= 0.3 is 0 Å². The summed E-state index contributed by atoms with van der Waals surface area (Å²) in [5.41, 5.74) is 7.00. The first kappa shape index (κ1) is 14.4. The fourth-order valence-electron chi connectivity index (χ4n) is 2.66. The van der Waals surface area contributed by atoms with Crippen LogP contribution in [0.25, 0.3) is 0 Å². The van der Waals surface area contributed by atoms with Gasteiger partial charge in [0.2, 0.25) is 5.91 Å². The number of nitrogens with two attached hydrogens (primary N) is 1. The number of rotatable bonds is 4. The van der Waals surface area contributed by atoms with Crippen molar-refractivity contribution < 1.29 is 9.53 Å². The first-order valence-electron chi connectivity index (χ1n) is 6.76. The van der Waals surface area contributed by atoms with Crippen molar-refractivity contribution in [2.45, 2.75) is 31.8 Å². The number of benzene rings is 1. The minimum Gasteiger partial charge on any atom is -0.495 e. The van der Waals surface area contributed by atoms with Crippen molar-refractivity contribution >= 4 is 5.91 Å². The summed E-state index contributed by atoms with van der Waals surface area (Å²) in [7, 11) is 1.55. The van der Waals surface area contributed by atoms with Crippen LogP contribution in [0.1, 0.15) is 30.4 Å². The van der Waals surface area contributed by atoms with Gasteiger partial charge < -0.3 is 10.5 Å². The highest BCUT2D eigenvalue weighted by atomic mass is 16.5. The fourth-order valence-corrected chi connectivity index (χ4v) is 2.66. The lowest BCUT2D eigenvalue weighted by Crippen LogP contribution is -2.47. The summed E-state index contributed by atoms with van der Waals surface area (Å²) < 4.78 is 5.21. The van der Waals surface area contributed by atoms with E-state index in [4.69, 9.17) is 15.7 Å². The average Bonchev–Trinajstić information content (AvgIpc) is 2.47. The van der Waals surface area contributed by atoms with Crippen LogP contribution in [0.2, 0.25) is 0 Å². The molecule has 0 bridgehead atoms. The number of likely N-dealkylation sites (tertiary alicyclic amines) is 1. The molecule has 1 saturated heterocycles. The van der Waals surface area contributed by atoms with E-state index >= 15 is 0 Å². The molecule has 5 nitrogen and oxygen atoms in total. The summed E-state index contributed by atoms with van der Waals surface area (Å²) in [5, 5.41) is 8.98. The van der Waals surface area contributed by atoms with Crippen molar-refractivity contribution in [1.82, 2.24) is 4.90 Å². The van der Waals surface area contributed by atoms with Crippen LogP contribution in [-0.4, -0.2) is 30.5 Å². The molecular formula is C15H19N3O2. The van der Waals surface area contributed by atoms with Crippen molar-refractivity contribution in [3.8, 4) is 11.8 Å². The number of nitriles is 1. The van der Waals surface area contributed by atoms with Crippen LogP contribution in [-0.2, 0) is 11.3 Å². The Morgan fingerprint density at radius 3 is 3.00 bits per heavy atom. The Morgan fingerprint density at radius 2 is 2.35 bits per heavy atom. The molecule has 1 heterocycles. The van der Waals surface area contributed by atoms with Crippen LogP contribution >= 0.6 is 0 Å². The van der Waals surface area contributed by atoms with Gasteiger partial charge in [0.25, 0.3) is 0 Å². The van der Waals surface area contributed by atoms with E-state index in [1.54, 1.807) is 13.2 Å². The van der Waals surface area contributed by atoms with Crippen LogP contribution in [0.4, 0.5) is 0 Å². The van der Waals surface area contributed by atoms with E-state index in [0.717, 1.165) is 31.4 Å². The van der Waals surface area contributed by atoms with E-state index in [0.29, 0.717) is 17.9 Å². The largest absolute Gasteiger partial charge is 0.495 e. The lowest BCUT2D eigenvalue weighted by atomic mass is 10.0. The maximum Gasteiger partial charge on any atom is 0.234 e. The van der Waals surface area contributed by atoms with Crippen LogP contribution < -0.4 is 10.5 Å². The first-order valence-corrected chi connectivity index (χ1v) is 6.76. The zero-order valence-corrected chi connectivity index (χ0v) is 11.6. The third-order valence-corrected chi connectivity index (χ3v) is 3.71. The lowest BCUT2D eigenvalue weighted by molar-refractivity contribution is -0.124. The molecule has 0 spiro atoms. The molecule has 1 aliphatic rings. The standard InChI is InChI=1S/C15H19N3O2/c1-20-14-8-11(5-6-12(14)9-16)10-18-7-3-2-4-13(18)15(17)19/h5-6,8,13H,2-4,7,10H2,1H3,(H2,17,19). The van der Waals surface area contributed by atoms with Gasteiger partial charge in [0.15, 0.2) is 0 Å². The number of hydrogen-bond acceptors (Lipinski definition) is 4. The van der Waals surface area contributed by atoms with E-state index in [1.807, 2.05) is 12.1 Å². The van der Waals surface area contributed by atoms with Crippen molar-refractivity contribution in [2.24, 2.45) is 5.73 Å². The molecule has 1 amide bonds. The van der Waals surface area contributed by atoms with E-state index in [1.165, 1.54) is 0 Å². The lowest BCUT2D eigenvalue weighted by Gasteiger charge is -2.33. The second kappa shape index (κ2) is 6.40. The number of amides is 1. The van der Waals surface area contributed by atoms with Gasteiger partial charge in [0.1, 0.15) is 11.8 Å². The van der Waals surface area contributed by atoms with Crippen molar-refractivity contribution in [3.05, 3.63) is 29.3 Å². The molecule has 106 valence electrons. The summed E-state index contributed by atoms with van der Waals surface area (Å²) in [5.74, 6) is 0.308. The molecule has 1 aliphatic heterocycles. The van der Waals surface area contributed by atoms with Gasteiger partial charge in [-0.05, 0) is 37.1 Å². The minimum absolute atomic E-state index is 0.189. The second-order valence-corrected chi connectivity index (χ2v) is 5.03. The van der Waals surface area contributed by atoms with E-state index in [2.05, 4.69) is 11.0 Å². The molecule has 20 heavy (non-hydrogen) atoms. The number of ether oxygens (including phenoxy) is 1. The van der Waals surface area contributed by atoms with E-state index in [-0.39, 0.29) is 11.9 Å². The number of piperidine rings is 1. The minimum atomic E-state index is -0.259. The topological polar surface area (TPSA) is 79.3 Å². The zero-order valence-electron chi connectivity index (χ0n) is 11.6. The number of carbonyl (C=O) groups excluding carboxylic acids is 1. The molecule has 5 heteroatoms. The number of primary amides is 1. The molecule has 1 fully saturated rings. The summed E-state index contributed by atoms with van der Waals surface area (Å²) >= 11 is 0. The SMILES string of the molecule is COc1cc(CN2CCCCC2C(N)=O)ccc1C#N. The Labute approximate surface area is 118 Å². The Morgan fingerprint density at radius 1 is 1.55 bits per heavy atom. The van der Waals surface area contributed by atoms with Crippen LogP contribution in [0.15, 0.2) is 18.2 Å². The van der Waals surface area contributed by atoms with E-state index in [9.17, 15) is 4.79 Å². The molecule has 0 aromatic heterocycles. The Balaban J connectivity index is 2.16. The molecule has 0 saturated carbocycles. The van der Waals surface area contributed by atoms with Crippen molar-refractivity contribution in [1.29, 1.82) is 5.26 Å². The molecule has 1 atom stereocenters. The monoisotopic (exact) mass is 273 g/mol. The predicted molar refractivity (Wildman–Crippen MR) is 75.0 cm³/mol. The second-order valence-electron chi connectivity index (χ2n) is 5.03. The number of carbonyl (C=O) groups is 1. The maximum absolute atomic E-state index is 11.5. The molecule has 2 rings (SSSR count). The third kappa shape index (κ3) is 3.09. The highest BCUT2D eigenvalue weighted by molar-refractivity contribution is 5.79. The molecule has 1 unspecified atom stereocenters. The van der Waals surface area contributed by atoms with E-state index < -0.39 is 0 Å². The Kier molecular flexibility index (Phi) is 4.59. The summed E-state index contributed by atoms with van der Waals surface area (Å²) in [6.45, 7) is 1.52.